The molecule has 1 aromatic heterocycles. The molecule has 0 bridgehead atoms. The highest BCUT2D eigenvalue weighted by Crippen LogP contribution is 2.17. The fourth-order valence-corrected chi connectivity index (χ4v) is 2.47. The minimum Gasteiger partial charge on any atom is -0.345 e. The van der Waals surface area contributed by atoms with Crippen molar-refractivity contribution in [1.29, 1.82) is 0 Å². The number of anilines is 1. The van der Waals surface area contributed by atoms with E-state index in [9.17, 15) is 4.79 Å². The number of fused-ring (bicyclic) bond motifs is 1. The molecule has 0 aliphatic rings. The summed E-state index contributed by atoms with van der Waals surface area (Å²) in [5.74, 6) is 0.0996. The van der Waals surface area contributed by atoms with Crippen LogP contribution in [0.25, 0.3) is 11.0 Å². The van der Waals surface area contributed by atoms with Crippen molar-refractivity contribution < 1.29 is 4.79 Å². The third kappa shape index (κ3) is 2.79. The van der Waals surface area contributed by atoms with E-state index in [4.69, 9.17) is 0 Å². The van der Waals surface area contributed by atoms with Crippen molar-refractivity contribution in [1.82, 2.24) is 9.97 Å². The van der Waals surface area contributed by atoms with Gasteiger partial charge in [0.15, 0.2) is 0 Å². The summed E-state index contributed by atoms with van der Waals surface area (Å²) in [6, 6.07) is 15.6. The zero-order valence-electron chi connectivity index (χ0n) is 11.9. The predicted molar refractivity (Wildman–Crippen MR) is 84.3 cm³/mol. The van der Waals surface area contributed by atoms with Crippen molar-refractivity contribution in [2.24, 2.45) is 0 Å². The Morgan fingerprint density at radius 2 is 2.00 bits per heavy atom. The molecule has 0 saturated heterocycles. The number of hydrogen-bond acceptors (Lipinski definition) is 2. The summed E-state index contributed by atoms with van der Waals surface area (Å²) in [5, 5.41) is 0. The van der Waals surface area contributed by atoms with Gasteiger partial charge in [0.05, 0.1) is 23.8 Å². The summed E-state index contributed by atoms with van der Waals surface area (Å²) in [7, 11) is 0. The molecule has 3 rings (SSSR count). The molecule has 1 heterocycles. The number of hydrogen-bond donors (Lipinski definition) is 1. The Kier molecular flexibility index (Phi) is 3.69. The van der Waals surface area contributed by atoms with E-state index in [1.807, 2.05) is 55.5 Å². The van der Waals surface area contributed by atoms with E-state index in [1.165, 1.54) is 0 Å². The van der Waals surface area contributed by atoms with E-state index in [2.05, 4.69) is 9.97 Å². The molecule has 1 N–H and O–H groups in total. The van der Waals surface area contributed by atoms with Crippen molar-refractivity contribution >= 4 is 22.6 Å². The molecule has 4 heteroatoms. The van der Waals surface area contributed by atoms with E-state index in [-0.39, 0.29) is 5.91 Å². The first kappa shape index (κ1) is 13.4. The normalized spacial score (nSPS) is 10.7. The van der Waals surface area contributed by atoms with Crippen molar-refractivity contribution in [2.75, 3.05) is 11.4 Å². The van der Waals surface area contributed by atoms with Crippen LogP contribution in [0, 0.1) is 0 Å². The summed E-state index contributed by atoms with van der Waals surface area (Å²) in [4.78, 5) is 21.6. The number of aromatic amines is 1. The molecule has 0 fully saturated rings. The molecule has 0 radical (unpaired) electrons. The van der Waals surface area contributed by atoms with Crippen LogP contribution in [0.5, 0.6) is 0 Å². The molecule has 3 aromatic rings. The number of nitrogens with one attached hydrogen (secondary N) is 1. The van der Waals surface area contributed by atoms with Crippen LogP contribution >= 0.6 is 0 Å². The van der Waals surface area contributed by atoms with E-state index in [0.29, 0.717) is 13.0 Å². The van der Waals surface area contributed by atoms with Gasteiger partial charge in [-0.1, -0.05) is 24.3 Å². The summed E-state index contributed by atoms with van der Waals surface area (Å²) in [6.07, 6.45) is 2.05. The monoisotopic (exact) mass is 279 g/mol. The van der Waals surface area contributed by atoms with Crippen molar-refractivity contribution in [2.45, 2.75) is 13.3 Å². The largest absolute Gasteiger partial charge is 0.345 e. The maximum Gasteiger partial charge on any atom is 0.231 e. The Morgan fingerprint density at radius 1 is 1.19 bits per heavy atom. The molecule has 0 aliphatic carbocycles. The number of benzene rings is 2. The number of rotatable bonds is 4. The van der Waals surface area contributed by atoms with Crippen molar-refractivity contribution in [3.05, 3.63) is 60.4 Å². The third-order valence-electron chi connectivity index (χ3n) is 3.53. The molecule has 21 heavy (non-hydrogen) atoms. The number of carbonyl (C=O) groups excluding carboxylic acids is 1. The second kappa shape index (κ2) is 5.79. The zero-order valence-corrected chi connectivity index (χ0v) is 11.9. The average molecular weight is 279 g/mol. The van der Waals surface area contributed by atoms with Gasteiger partial charge >= 0.3 is 0 Å². The first-order valence-electron chi connectivity index (χ1n) is 7.05. The fraction of sp³-hybridized carbons (Fsp3) is 0.176. The van der Waals surface area contributed by atoms with Crippen LogP contribution in [0.4, 0.5) is 5.69 Å². The van der Waals surface area contributed by atoms with E-state index < -0.39 is 0 Å². The molecule has 1 amide bonds. The minimum absolute atomic E-state index is 0.0996. The molecule has 4 nitrogen and oxygen atoms in total. The number of imidazole rings is 1. The summed E-state index contributed by atoms with van der Waals surface area (Å²) in [5.41, 5.74) is 3.81. The number of nitrogens with zero attached hydrogens (tertiary/aromatic N) is 2. The summed E-state index contributed by atoms with van der Waals surface area (Å²) >= 11 is 0. The quantitative estimate of drug-likeness (QED) is 0.797. The van der Waals surface area contributed by atoms with E-state index in [0.717, 1.165) is 22.3 Å². The Hall–Kier alpha value is -2.62. The van der Waals surface area contributed by atoms with Crippen LogP contribution in [0.1, 0.15) is 12.5 Å². The second-order valence-corrected chi connectivity index (χ2v) is 4.90. The Bertz CT molecular complexity index is 749. The minimum atomic E-state index is 0.0996. The van der Waals surface area contributed by atoms with Gasteiger partial charge in [-0.15, -0.1) is 0 Å². The molecular formula is C17H17N3O. The molecular weight excluding hydrogens is 262 g/mol. The number of carbonyl (C=O) groups is 1. The van der Waals surface area contributed by atoms with Gasteiger partial charge in [0, 0.05) is 12.2 Å². The molecule has 2 aromatic carbocycles. The lowest BCUT2D eigenvalue weighted by molar-refractivity contribution is -0.117. The molecule has 0 atom stereocenters. The molecule has 0 aliphatic heterocycles. The first-order valence-corrected chi connectivity index (χ1v) is 7.05. The van der Waals surface area contributed by atoms with Crippen molar-refractivity contribution in [3.63, 3.8) is 0 Å². The lowest BCUT2D eigenvalue weighted by atomic mass is 10.1. The molecule has 106 valence electrons. The number of para-hydroxylation sites is 1. The van der Waals surface area contributed by atoms with Gasteiger partial charge in [0.2, 0.25) is 5.91 Å². The zero-order chi connectivity index (χ0) is 14.7. The summed E-state index contributed by atoms with van der Waals surface area (Å²) < 4.78 is 0. The van der Waals surface area contributed by atoms with Gasteiger partial charge in [0.25, 0.3) is 0 Å². The predicted octanol–water partition coefficient (Wildman–Crippen LogP) is 3.16. The SMILES string of the molecule is CCN(C(=O)Cc1ccc2nc[nH]c2c1)c1ccccc1. The van der Waals surface area contributed by atoms with Gasteiger partial charge in [-0.25, -0.2) is 4.98 Å². The van der Waals surface area contributed by atoms with E-state index in [1.54, 1.807) is 11.2 Å². The van der Waals surface area contributed by atoms with Crippen LogP contribution in [0.3, 0.4) is 0 Å². The third-order valence-corrected chi connectivity index (χ3v) is 3.53. The number of H-pyrrole nitrogens is 1. The van der Waals surface area contributed by atoms with Gasteiger partial charge in [-0.3, -0.25) is 4.79 Å². The highest BCUT2D eigenvalue weighted by atomic mass is 16.2. The van der Waals surface area contributed by atoms with Crippen LogP contribution in [0.2, 0.25) is 0 Å². The molecule has 0 unspecified atom stereocenters. The van der Waals surface area contributed by atoms with Crippen LogP contribution < -0.4 is 4.90 Å². The first-order chi connectivity index (χ1) is 10.3. The van der Waals surface area contributed by atoms with Gasteiger partial charge in [0.1, 0.15) is 0 Å². The maximum absolute atomic E-state index is 12.5. The average Bonchev–Trinajstić information content (AvgIpc) is 2.96. The highest BCUT2D eigenvalue weighted by Gasteiger charge is 2.14. The summed E-state index contributed by atoms with van der Waals surface area (Å²) in [6.45, 7) is 2.65. The van der Waals surface area contributed by atoms with Gasteiger partial charge < -0.3 is 9.88 Å². The van der Waals surface area contributed by atoms with Crippen LogP contribution in [0.15, 0.2) is 54.9 Å². The molecule has 0 spiro atoms. The van der Waals surface area contributed by atoms with Crippen LogP contribution in [-0.4, -0.2) is 22.4 Å². The Morgan fingerprint density at radius 3 is 2.76 bits per heavy atom. The Labute approximate surface area is 123 Å². The second-order valence-electron chi connectivity index (χ2n) is 4.90. The lowest BCUT2D eigenvalue weighted by Crippen LogP contribution is -2.31. The van der Waals surface area contributed by atoms with Gasteiger partial charge in [-0.2, -0.15) is 0 Å². The number of aromatic nitrogens is 2. The Balaban J connectivity index is 1.81. The number of likely N-dealkylation sites (N-methyl/N-ethyl adjacent to an activating group) is 1. The highest BCUT2D eigenvalue weighted by molar-refractivity contribution is 5.95. The standard InChI is InChI=1S/C17H17N3O/c1-2-20(14-6-4-3-5-7-14)17(21)11-13-8-9-15-16(10-13)19-12-18-15/h3-10,12H,2,11H2,1H3,(H,18,19). The fourth-order valence-electron chi connectivity index (χ4n) is 2.47. The maximum atomic E-state index is 12.5. The van der Waals surface area contributed by atoms with Crippen molar-refractivity contribution in [3.8, 4) is 0 Å². The lowest BCUT2D eigenvalue weighted by Gasteiger charge is -2.21. The smallest absolute Gasteiger partial charge is 0.231 e. The number of amides is 1. The van der Waals surface area contributed by atoms with Crippen LogP contribution in [-0.2, 0) is 11.2 Å². The molecule has 0 saturated carbocycles. The topological polar surface area (TPSA) is 49.0 Å². The van der Waals surface area contributed by atoms with Gasteiger partial charge in [-0.05, 0) is 36.8 Å². The van der Waals surface area contributed by atoms with E-state index >= 15 is 0 Å².